The van der Waals surface area contributed by atoms with Crippen molar-refractivity contribution >= 4 is 16.6 Å². The summed E-state index contributed by atoms with van der Waals surface area (Å²) < 4.78 is 12.9. The minimum Gasteiger partial charge on any atom is -0.546 e. The molecular formula is C19H40O2Si2. The van der Waals surface area contributed by atoms with Crippen molar-refractivity contribution in [3.05, 3.63) is 23.7 Å². The summed E-state index contributed by atoms with van der Waals surface area (Å²) in [5.74, 6) is 2.00. The van der Waals surface area contributed by atoms with Crippen LogP contribution in [0.25, 0.3) is 0 Å². The van der Waals surface area contributed by atoms with Crippen LogP contribution >= 0.6 is 0 Å². The molecule has 136 valence electrons. The van der Waals surface area contributed by atoms with Crippen molar-refractivity contribution in [2.45, 2.75) is 98.1 Å². The lowest BCUT2D eigenvalue weighted by Crippen LogP contribution is -2.41. The van der Waals surface area contributed by atoms with Crippen molar-refractivity contribution in [2.24, 2.45) is 0 Å². The molecule has 0 saturated carbocycles. The second kappa shape index (κ2) is 7.60. The first-order valence-corrected chi connectivity index (χ1v) is 14.6. The standard InChI is InChI=1S/C19H40O2Si2/c1-13-16(20-22(9,10)18(3,4)5)15-17(14-2)21-23(11,12)19(6,7)8/h13,15H,14H2,1-12H3/b16-13+,17-15+. The molecule has 0 aromatic carbocycles. The maximum Gasteiger partial charge on any atom is 0.250 e. The number of allylic oxidation sites excluding steroid dienone is 3. The molecule has 23 heavy (non-hydrogen) atoms. The first-order valence-electron chi connectivity index (χ1n) is 8.82. The molecule has 4 heteroatoms. The average Bonchev–Trinajstić information content (AvgIpc) is 2.33. The van der Waals surface area contributed by atoms with Gasteiger partial charge in [0.25, 0.3) is 0 Å². The van der Waals surface area contributed by atoms with Crippen LogP contribution in [0.5, 0.6) is 0 Å². The highest BCUT2D eigenvalue weighted by atomic mass is 28.4. The van der Waals surface area contributed by atoms with E-state index < -0.39 is 16.6 Å². The molecule has 0 aliphatic rings. The van der Waals surface area contributed by atoms with Crippen LogP contribution in [0, 0.1) is 0 Å². The summed E-state index contributed by atoms with van der Waals surface area (Å²) in [6.45, 7) is 27.0. The van der Waals surface area contributed by atoms with E-state index in [4.69, 9.17) is 8.85 Å². The Morgan fingerprint density at radius 1 is 0.826 bits per heavy atom. The summed E-state index contributed by atoms with van der Waals surface area (Å²) in [6.07, 6.45) is 5.07. The van der Waals surface area contributed by atoms with E-state index >= 15 is 0 Å². The van der Waals surface area contributed by atoms with Crippen molar-refractivity contribution in [3.63, 3.8) is 0 Å². The molecule has 0 heterocycles. The van der Waals surface area contributed by atoms with E-state index in [1.54, 1.807) is 0 Å². The predicted molar refractivity (Wildman–Crippen MR) is 109 cm³/mol. The lowest BCUT2D eigenvalue weighted by molar-refractivity contribution is 0.358. The van der Waals surface area contributed by atoms with E-state index in [9.17, 15) is 0 Å². The minimum absolute atomic E-state index is 0.196. The molecule has 2 nitrogen and oxygen atoms in total. The quantitative estimate of drug-likeness (QED) is 0.284. The van der Waals surface area contributed by atoms with Gasteiger partial charge in [0.15, 0.2) is 0 Å². The maximum atomic E-state index is 6.48. The fourth-order valence-electron chi connectivity index (χ4n) is 1.46. The molecule has 0 rings (SSSR count). The topological polar surface area (TPSA) is 18.5 Å². The van der Waals surface area contributed by atoms with Gasteiger partial charge in [-0.3, -0.25) is 0 Å². The highest BCUT2D eigenvalue weighted by molar-refractivity contribution is 6.74. The normalized spacial score (nSPS) is 15.7. The van der Waals surface area contributed by atoms with Gasteiger partial charge in [-0.25, -0.2) is 0 Å². The molecule has 0 unspecified atom stereocenters. The zero-order chi connectivity index (χ0) is 18.7. The first kappa shape index (κ1) is 22.5. The lowest BCUT2D eigenvalue weighted by Gasteiger charge is -2.38. The highest BCUT2D eigenvalue weighted by Gasteiger charge is 2.40. The third-order valence-electron chi connectivity index (χ3n) is 5.31. The van der Waals surface area contributed by atoms with E-state index in [-0.39, 0.29) is 10.1 Å². The molecule has 0 saturated heterocycles. The van der Waals surface area contributed by atoms with E-state index in [0.29, 0.717) is 0 Å². The van der Waals surface area contributed by atoms with Crippen LogP contribution in [0.1, 0.15) is 61.8 Å². The Morgan fingerprint density at radius 2 is 1.22 bits per heavy atom. The Balaban J connectivity index is 5.38. The molecule has 0 atom stereocenters. The van der Waals surface area contributed by atoms with Crippen molar-refractivity contribution in [3.8, 4) is 0 Å². The third kappa shape index (κ3) is 6.50. The fourth-order valence-corrected chi connectivity index (χ4v) is 3.70. The number of hydrogen-bond acceptors (Lipinski definition) is 2. The van der Waals surface area contributed by atoms with Gasteiger partial charge < -0.3 is 8.85 Å². The van der Waals surface area contributed by atoms with Crippen molar-refractivity contribution in [1.29, 1.82) is 0 Å². The predicted octanol–water partition coefficient (Wildman–Crippen LogP) is 7.23. The van der Waals surface area contributed by atoms with Crippen LogP contribution < -0.4 is 0 Å². The first-order chi connectivity index (χ1) is 10.1. The summed E-state index contributed by atoms with van der Waals surface area (Å²) in [5.41, 5.74) is 0. The van der Waals surface area contributed by atoms with Gasteiger partial charge in [0.1, 0.15) is 5.76 Å². The SMILES string of the molecule is C/C=C(\C=C(/CC)O[Si](C)(C)C(C)(C)C)O[Si](C)(C)C(C)(C)C. The van der Waals surface area contributed by atoms with Gasteiger partial charge in [0.05, 0.1) is 5.76 Å². The average molecular weight is 357 g/mol. The van der Waals surface area contributed by atoms with Crippen LogP contribution in [-0.2, 0) is 8.85 Å². The fraction of sp³-hybridized carbons (Fsp3) is 0.789. The van der Waals surface area contributed by atoms with Crippen LogP contribution in [0.2, 0.25) is 36.3 Å². The second-order valence-electron chi connectivity index (χ2n) is 9.38. The molecule has 0 bridgehead atoms. The molecule has 0 aromatic rings. The third-order valence-corrected chi connectivity index (χ3v) is 14.1. The molecule has 0 N–H and O–H groups in total. The van der Waals surface area contributed by atoms with Gasteiger partial charge in [0.2, 0.25) is 16.6 Å². The molecule has 0 aliphatic heterocycles. The van der Waals surface area contributed by atoms with Gasteiger partial charge in [-0.2, -0.15) is 0 Å². The molecule has 0 radical (unpaired) electrons. The molecule has 0 amide bonds. The van der Waals surface area contributed by atoms with Crippen molar-refractivity contribution in [2.75, 3.05) is 0 Å². The maximum absolute atomic E-state index is 6.48. The van der Waals surface area contributed by atoms with Gasteiger partial charge in [0, 0.05) is 12.5 Å². The zero-order valence-corrected chi connectivity index (χ0v) is 19.7. The van der Waals surface area contributed by atoms with Gasteiger partial charge in [-0.05, 0) is 49.3 Å². The Labute approximate surface area is 147 Å². The van der Waals surface area contributed by atoms with E-state index in [0.717, 1.165) is 17.9 Å². The summed E-state index contributed by atoms with van der Waals surface area (Å²) in [5, 5.41) is 0.402. The van der Waals surface area contributed by atoms with Crippen LogP contribution in [-0.4, -0.2) is 16.6 Å². The smallest absolute Gasteiger partial charge is 0.250 e. The van der Waals surface area contributed by atoms with E-state index in [1.807, 2.05) is 6.92 Å². The highest BCUT2D eigenvalue weighted by Crippen LogP contribution is 2.40. The van der Waals surface area contributed by atoms with Gasteiger partial charge in [-0.15, -0.1) is 0 Å². The monoisotopic (exact) mass is 356 g/mol. The number of rotatable bonds is 6. The Hall–Kier alpha value is -0.486. The number of hydrogen-bond donors (Lipinski definition) is 0. The Bertz CT molecular complexity index is 447. The van der Waals surface area contributed by atoms with Crippen molar-refractivity contribution < 1.29 is 8.85 Å². The largest absolute Gasteiger partial charge is 0.546 e. The molecular weight excluding hydrogens is 316 g/mol. The van der Waals surface area contributed by atoms with E-state index in [2.05, 4.69) is 86.8 Å². The lowest BCUT2D eigenvalue weighted by atomic mass is 10.2. The van der Waals surface area contributed by atoms with E-state index in [1.165, 1.54) is 0 Å². The molecule has 0 aromatic heterocycles. The minimum atomic E-state index is -1.82. The molecule has 0 aliphatic carbocycles. The second-order valence-corrected chi connectivity index (χ2v) is 18.8. The summed E-state index contributed by atoms with van der Waals surface area (Å²) >= 11 is 0. The summed E-state index contributed by atoms with van der Waals surface area (Å²) in [4.78, 5) is 0. The van der Waals surface area contributed by atoms with Crippen LogP contribution in [0.3, 0.4) is 0 Å². The van der Waals surface area contributed by atoms with Gasteiger partial charge >= 0.3 is 0 Å². The summed E-state index contributed by atoms with van der Waals surface area (Å²) in [7, 11) is -3.62. The Morgan fingerprint density at radius 3 is 1.52 bits per heavy atom. The molecule has 0 fully saturated rings. The van der Waals surface area contributed by atoms with Gasteiger partial charge in [-0.1, -0.05) is 48.5 Å². The Kier molecular flexibility index (Phi) is 7.44. The van der Waals surface area contributed by atoms with Crippen LogP contribution in [0.15, 0.2) is 23.7 Å². The molecule has 0 spiro atoms. The van der Waals surface area contributed by atoms with Crippen LogP contribution in [0.4, 0.5) is 0 Å². The van der Waals surface area contributed by atoms with Crippen molar-refractivity contribution in [1.82, 2.24) is 0 Å². The zero-order valence-electron chi connectivity index (χ0n) is 17.7. The summed E-state index contributed by atoms with van der Waals surface area (Å²) in [6, 6.07) is 0.